The van der Waals surface area contributed by atoms with E-state index in [0.29, 0.717) is 45.3 Å². The predicted molar refractivity (Wildman–Crippen MR) is 139 cm³/mol. The van der Waals surface area contributed by atoms with E-state index in [1.165, 1.54) is 15.4 Å². The number of amides is 1. The third-order valence-electron chi connectivity index (χ3n) is 5.47. The van der Waals surface area contributed by atoms with E-state index in [-0.39, 0.29) is 43.6 Å². The third kappa shape index (κ3) is 4.93. The molecule has 1 fully saturated rings. The van der Waals surface area contributed by atoms with Crippen molar-refractivity contribution in [3.63, 3.8) is 0 Å². The molecule has 0 atom stereocenters. The molecule has 2 aliphatic rings. The largest absolute Gasteiger partial charge is 0.454 e. The number of thioether (sulfide) groups is 1. The Bertz CT molecular complexity index is 1420. The van der Waals surface area contributed by atoms with Crippen LogP contribution in [0.1, 0.15) is 11.1 Å². The summed E-state index contributed by atoms with van der Waals surface area (Å²) in [6, 6.07) is 10.7. The number of thiocarbonyl (C=S) groups is 1. The van der Waals surface area contributed by atoms with Gasteiger partial charge in [-0.15, -0.1) is 0 Å². The number of hydrogen-bond acceptors (Lipinski definition) is 10. The van der Waals surface area contributed by atoms with Gasteiger partial charge < -0.3 is 24.6 Å². The number of pyridine rings is 1. The minimum Gasteiger partial charge on any atom is -0.454 e. The summed E-state index contributed by atoms with van der Waals surface area (Å²) in [5, 5.41) is 12.0. The summed E-state index contributed by atoms with van der Waals surface area (Å²) < 4.78 is 17.9. The fourth-order valence-electron chi connectivity index (χ4n) is 3.77. The smallest absolute Gasteiger partial charge is 0.267 e. The van der Waals surface area contributed by atoms with Crippen molar-refractivity contribution in [2.24, 2.45) is 0 Å². The summed E-state index contributed by atoms with van der Waals surface area (Å²) in [6.07, 6.45) is 3.16. The zero-order chi connectivity index (χ0) is 25.1. The van der Waals surface area contributed by atoms with Crippen molar-refractivity contribution in [1.82, 2.24) is 14.3 Å². The standard InChI is InChI=1S/C24H22N4O6S2/c29-8-10-32-9-6-25-21-16(22(30)27-7-2-1-3-20(27)26-21)12-19-23(31)28(24(35)36-19)13-15-4-5-17-18(11-15)34-14-33-17/h1-5,7,11-12,25,29H,6,8-10,13-14H2/b19-12-. The average Bonchev–Trinajstić information content (AvgIpc) is 3.45. The van der Waals surface area contributed by atoms with Crippen molar-refractivity contribution in [1.29, 1.82) is 0 Å². The Morgan fingerprint density at radius 2 is 2.06 bits per heavy atom. The van der Waals surface area contributed by atoms with E-state index >= 15 is 0 Å². The molecule has 4 heterocycles. The maximum absolute atomic E-state index is 13.3. The molecule has 0 radical (unpaired) electrons. The molecule has 5 rings (SSSR count). The molecule has 0 spiro atoms. The lowest BCUT2D eigenvalue weighted by molar-refractivity contribution is -0.122. The number of aromatic nitrogens is 2. The van der Waals surface area contributed by atoms with Gasteiger partial charge >= 0.3 is 0 Å². The van der Waals surface area contributed by atoms with E-state index in [4.69, 9.17) is 31.5 Å². The lowest BCUT2D eigenvalue weighted by atomic mass is 10.2. The lowest BCUT2D eigenvalue weighted by Gasteiger charge is -2.15. The summed E-state index contributed by atoms with van der Waals surface area (Å²) in [5.74, 6) is 1.33. The van der Waals surface area contributed by atoms with Crippen molar-refractivity contribution in [3.8, 4) is 11.5 Å². The van der Waals surface area contributed by atoms with Gasteiger partial charge in [-0.25, -0.2) is 4.98 Å². The molecule has 36 heavy (non-hydrogen) atoms. The van der Waals surface area contributed by atoms with Crippen molar-refractivity contribution in [2.75, 3.05) is 38.5 Å². The minimum atomic E-state index is -0.319. The first-order valence-corrected chi connectivity index (χ1v) is 12.4. The molecule has 1 amide bonds. The molecule has 2 aromatic heterocycles. The Kier molecular flexibility index (Phi) is 7.18. The second-order valence-corrected chi connectivity index (χ2v) is 9.50. The number of nitrogens with one attached hydrogen (secondary N) is 1. The maximum Gasteiger partial charge on any atom is 0.267 e. The van der Waals surface area contributed by atoms with Crippen molar-refractivity contribution in [2.45, 2.75) is 6.54 Å². The summed E-state index contributed by atoms with van der Waals surface area (Å²) in [7, 11) is 0. The van der Waals surface area contributed by atoms with E-state index in [0.717, 1.165) is 17.3 Å². The molecule has 12 heteroatoms. The Hall–Kier alpha value is -3.45. The van der Waals surface area contributed by atoms with E-state index in [9.17, 15) is 9.59 Å². The van der Waals surface area contributed by atoms with Crippen LogP contribution in [0.25, 0.3) is 11.7 Å². The highest BCUT2D eigenvalue weighted by Crippen LogP contribution is 2.36. The van der Waals surface area contributed by atoms with Crippen LogP contribution in [0, 0.1) is 0 Å². The molecule has 3 aromatic rings. The first-order chi connectivity index (χ1) is 17.5. The van der Waals surface area contributed by atoms with Crippen LogP contribution in [-0.2, 0) is 16.1 Å². The zero-order valence-corrected chi connectivity index (χ0v) is 20.6. The quantitative estimate of drug-likeness (QED) is 0.244. The first kappa shape index (κ1) is 24.3. The number of hydrogen-bond donors (Lipinski definition) is 2. The maximum atomic E-state index is 13.3. The summed E-state index contributed by atoms with van der Waals surface area (Å²) >= 11 is 6.62. The van der Waals surface area contributed by atoms with Crippen LogP contribution < -0.4 is 20.3 Å². The molecule has 0 unspecified atom stereocenters. The molecule has 2 N–H and O–H groups in total. The second kappa shape index (κ2) is 10.7. The number of carbonyl (C=O) groups excluding carboxylic acids is 1. The molecule has 0 bridgehead atoms. The molecule has 10 nitrogen and oxygen atoms in total. The minimum absolute atomic E-state index is 0.0745. The van der Waals surface area contributed by atoms with Crippen LogP contribution in [0.4, 0.5) is 5.82 Å². The SMILES string of the molecule is O=C1/C(=C/c2c(NCCOCCO)nc3ccccn3c2=O)SC(=S)N1Cc1ccc2c(c1)OCO2. The van der Waals surface area contributed by atoms with Gasteiger partial charge in [-0.3, -0.25) is 18.9 Å². The number of nitrogens with zero attached hydrogens (tertiary/aromatic N) is 3. The monoisotopic (exact) mass is 526 g/mol. The molecule has 0 saturated carbocycles. The predicted octanol–water partition coefficient (Wildman–Crippen LogP) is 2.25. The van der Waals surface area contributed by atoms with Crippen LogP contribution >= 0.6 is 24.0 Å². The average molecular weight is 527 g/mol. The van der Waals surface area contributed by atoms with E-state index in [1.807, 2.05) is 12.1 Å². The van der Waals surface area contributed by atoms with Crippen LogP contribution in [0.5, 0.6) is 11.5 Å². The highest BCUT2D eigenvalue weighted by Gasteiger charge is 2.33. The van der Waals surface area contributed by atoms with E-state index in [2.05, 4.69) is 10.3 Å². The van der Waals surface area contributed by atoms with Gasteiger partial charge in [0.05, 0.1) is 36.8 Å². The number of anilines is 1. The Balaban J connectivity index is 1.42. The Morgan fingerprint density at radius 3 is 2.92 bits per heavy atom. The molecular weight excluding hydrogens is 504 g/mol. The highest BCUT2D eigenvalue weighted by molar-refractivity contribution is 8.26. The molecule has 186 valence electrons. The molecule has 1 saturated heterocycles. The molecular formula is C24H22N4O6S2. The number of carbonyl (C=O) groups is 1. The summed E-state index contributed by atoms with van der Waals surface area (Å²) in [5.41, 5.74) is 1.23. The van der Waals surface area contributed by atoms with E-state index in [1.54, 1.807) is 30.5 Å². The Morgan fingerprint density at radius 1 is 1.19 bits per heavy atom. The number of benzene rings is 1. The second-order valence-electron chi connectivity index (χ2n) is 7.83. The fraction of sp³-hybridized carbons (Fsp3) is 0.250. The van der Waals surface area contributed by atoms with Gasteiger partial charge in [0.15, 0.2) is 11.5 Å². The number of fused-ring (bicyclic) bond motifs is 2. The fourth-order valence-corrected chi connectivity index (χ4v) is 5.00. The molecule has 0 aliphatic carbocycles. The van der Waals surface area contributed by atoms with Gasteiger partial charge in [0, 0.05) is 12.7 Å². The van der Waals surface area contributed by atoms with Gasteiger partial charge in [0.25, 0.3) is 11.5 Å². The van der Waals surface area contributed by atoms with Crippen LogP contribution in [0.2, 0.25) is 0 Å². The van der Waals surface area contributed by atoms with Crippen LogP contribution in [0.3, 0.4) is 0 Å². The van der Waals surface area contributed by atoms with Gasteiger partial charge in [-0.1, -0.05) is 36.1 Å². The number of aliphatic hydroxyl groups is 1. The van der Waals surface area contributed by atoms with Crippen molar-refractivity contribution in [3.05, 3.63) is 69.0 Å². The van der Waals surface area contributed by atoms with Gasteiger partial charge in [0.2, 0.25) is 6.79 Å². The van der Waals surface area contributed by atoms with Gasteiger partial charge in [-0.2, -0.15) is 0 Å². The Labute approximate surface area is 215 Å². The summed E-state index contributed by atoms with van der Waals surface area (Å²) in [6.45, 7) is 1.25. The highest BCUT2D eigenvalue weighted by atomic mass is 32.2. The first-order valence-electron chi connectivity index (χ1n) is 11.1. The van der Waals surface area contributed by atoms with Crippen molar-refractivity contribution < 1.29 is 24.1 Å². The van der Waals surface area contributed by atoms with Crippen LogP contribution in [-0.4, -0.2) is 62.8 Å². The lowest BCUT2D eigenvalue weighted by Crippen LogP contribution is -2.27. The van der Waals surface area contributed by atoms with Crippen molar-refractivity contribution >= 4 is 51.7 Å². The molecule has 2 aliphatic heterocycles. The topological polar surface area (TPSA) is 115 Å². The normalized spacial score (nSPS) is 15.9. The zero-order valence-electron chi connectivity index (χ0n) is 19.0. The van der Waals surface area contributed by atoms with Gasteiger partial charge in [-0.05, 0) is 35.9 Å². The number of ether oxygens (including phenoxy) is 3. The van der Waals surface area contributed by atoms with Crippen LogP contribution in [0.15, 0.2) is 52.3 Å². The third-order valence-corrected chi connectivity index (χ3v) is 6.85. The number of aliphatic hydroxyl groups excluding tert-OH is 1. The summed E-state index contributed by atoms with van der Waals surface area (Å²) in [4.78, 5) is 33.0. The van der Waals surface area contributed by atoms with E-state index < -0.39 is 0 Å². The molecule has 1 aromatic carbocycles. The number of rotatable bonds is 9. The van der Waals surface area contributed by atoms with Gasteiger partial charge in [0.1, 0.15) is 15.8 Å².